The summed E-state index contributed by atoms with van der Waals surface area (Å²) in [4.78, 5) is 0. The highest BCUT2D eigenvalue weighted by atomic mass is 33.3. The van der Waals surface area contributed by atoms with Gasteiger partial charge in [-0.15, -0.1) is 0 Å². The molecule has 0 nitrogen and oxygen atoms in total. The normalized spacial score (nSPS) is 27.4. The van der Waals surface area contributed by atoms with Gasteiger partial charge in [-0.1, -0.05) is 21.2 Å². The lowest BCUT2D eigenvalue weighted by molar-refractivity contribution is 0.910. The molecule has 0 radical (unpaired) electrons. The van der Waals surface area contributed by atoms with Gasteiger partial charge in [-0.25, -0.2) is 0 Å². The van der Waals surface area contributed by atoms with Crippen molar-refractivity contribution in [3.8, 4) is 0 Å². The van der Waals surface area contributed by atoms with E-state index in [0.29, 0.717) is 0 Å². The van der Waals surface area contributed by atoms with Gasteiger partial charge >= 0.3 is 0 Å². The van der Waals surface area contributed by atoms with E-state index in [1.54, 1.807) is 0 Å². The van der Waals surface area contributed by atoms with Gasteiger partial charge in [0.2, 0.25) is 0 Å². The Morgan fingerprint density at radius 2 is 2.29 bits per heavy atom. The average molecular weight is 152 g/mol. The predicted molar refractivity (Wildman–Crippen MR) is 42.5 cm³/mol. The van der Waals surface area contributed by atoms with Crippen LogP contribution in [0.3, 0.4) is 0 Å². The molecule has 1 fully saturated rings. The van der Waals surface area contributed by atoms with Crippen LogP contribution < -0.4 is 0 Å². The first-order chi connectivity index (χ1) is 3.50. The van der Waals surface area contributed by atoms with Gasteiger partial charge in [0.15, 0.2) is 0 Å². The predicted octanol–water partition coefficient (Wildman–Crippen LogP) is 2.76. The molecule has 1 aliphatic heterocycles. The van der Waals surface area contributed by atoms with E-state index in [4.69, 9.17) is 0 Å². The molecule has 1 unspecified atom stereocenters. The van der Waals surface area contributed by atoms with Gasteiger partial charge in [0.1, 0.15) is 0 Å². The second-order valence-electron chi connectivity index (χ2n) is 1.51. The summed E-state index contributed by atoms with van der Waals surface area (Å²) in [5, 5.41) is 0. The van der Waals surface area contributed by atoms with Gasteiger partial charge in [0, 0.05) is 5.75 Å². The maximum atomic E-state index is 2.06. The Kier molecular flexibility index (Phi) is 3.62. The van der Waals surface area contributed by atoms with Gasteiger partial charge in [-0.05, 0) is 26.8 Å². The Balaban J connectivity index is 2.04. The lowest BCUT2D eigenvalue weighted by Gasteiger charge is -1.86. The molecule has 7 heavy (non-hydrogen) atoms. The third kappa shape index (κ3) is 2.84. The molecule has 3 heteroatoms. The molecule has 0 amide bonds. The third-order valence-corrected chi connectivity index (χ3v) is 6.06. The monoisotopic (exact) mass is 152 g/mol. The van der Waals surface area contributed by atoms with Gasteiger partial charge in [0.05, 0.1) is 0 Å². The molecule has 0 bridgehead atoms. The summed E-state index contributed by atoms with van der Waals surface area (Å²) in [6, 6.07) is 0. The molecule has 0 spiro atoms. The van der Waals surface area contributed by atoms with Crippen LogP contribution in [0, 0.1) is 0 Å². The molecule has 0 aliphatic carbocycles. The van der Waals surface area contributed by atoms with Crippen molar-refractivity contribution >= 4 is 29.0 Å². The van der Waals surface area contributed by atoms with E-state index in [1.807, 2.05) is 10.8 Å². The van der Waals surface area contributed by atoms with Crippen molar-refractivity contribution in [2.45, 2.75) is 12.8 Å². The van der Waals surface area contributed by atoms with Gasteiger partial charge in [-0.2, -0.15) is 0 Å². The number of hydrogen-bond acceptors (Lipinski definition) is 2. The molecule has 0 aromatic heterocycles. The zero-order chi connectivity index (χ0) is 4.95. The van der Waals surface area contributed by atoms with Crippen molar-refractivity contribution in [3.63, 3.8) is 0 Å². The fourth-order valence-corrected chi connectivity index (χ4v) is 5.24. The second-order valence-corrected chi connectivity index (χ2v) is 6.68. The van der Waals surface area contributed by atoms with Crippen molar-refractivity contribution in [2.75, 3.05) is 11.9 Å². The highest BCUT2D eigenvalue weighted by Crippen LogP contribution is 2.43. The average Bonchev–Trinajstić information content (AvgIpc) is 1.90. The Labute approximate surface area is 54.1 Å². The highest BCUT2D eigenvalue weighted by Gasteiger charge is 1.96. The zero-order valence-corrected chi connectivity index (χ0v) is 6.78. The Morgan fingerprint density at radius 3 is 3.29 bits per heavy atom. The Hall–Kier alpha value is 1.13. The summed E-state index contributed by atoms with van der Waals surface area (Å²) in [6.45, 7) is 0. The molecule has 1 rings (SSSR count). The molecule has 1 atom stereocenters. The molecule has 0 N–H and O–H groups in total. The fourth-order valence-electron chi connectivity index (χ4n) is 0.483. The topological polar surface area (TPSA) is 0 Å². The van der Waals surface area contributed by atoms with Crippen molar-refractivity contribution < 1.29 is 0 Å². The summed E-state index contributed by atoms with van der Waals surface area (Å²) in [6.07, 6.45) is 4.39. The number of hydrogen-bond donors (Lipinski definition) is 0. The van der Waals surface area contributed by atoms with E-state index in [9.17, 15) is 0 Å². The van der Waals surface area contributed by atoms with Crippen LogP contribution in [0.15, 0.2) is 0 Å². The molecule has 42 valence electrons. The summed E-state index contributed by atoms with van der Waals surface area (Å²) >= 11 is 0. The Bertz CT molecular complexity index is 29.3. The second kappa shape index (κ2) is 4.05. The molecule has 1 heterocycles. The fraction of sp³-hybridized carbons (Fsp3) is 1.00. The van der Waals surface area contributed by atoms with Crippen LogP contribution in [0.1, 0.15) is 12.8 Å². The van der Waals surface area contributed by atoms with Crippen LogP contribution in [-0.4, -0.2) is 11.9 Å². The maximum Gasteiger partial charge on any atom is 0.00402 e. The Morgan fingerprint density at radius 1 is 1.29 bits per heavy atom. The minimum Gasteiger partial charge on any atom is -0.0899 e. The van der Waals surface area contributed by atoms with E-state index in [1.165, 1.54) is 32.5 Å². The first-order valence-corrected chi connectivity index (χ1v) is 6.76. The first kappa shape index (κ1) is 6.25. The summed E-state index contributed by atoms with van der Waals surface area (Å²) < 4.78 is 0. The largest absolute Gasteiger partial charge is 0.0899 e. The number of rotatable bonds is 0. The van der Waals surface area contributed by atoms with Crippen molar-refractivity contribution in [2.24, 2.45) is 0 Å². The van der Waals surface area contributed by atoms with Gasteiger partial charge < -0.3 is 0 Å². The van der Waals surface area contributed by atoms with Gasteiger partial charge in [0.25, 0.3) is 0 Å². The van der Waals surface area contributed by atoms with Crippen molar-refractivity contribution in [3.05, 3.63) is 0 Å². The molecule has 0 aromatic carbocycles. The van der Waals surface area contributed by atoms with Crippen molar-refractivity contribution in [1.82, 2.24) is 0 Å². The van der Waals surface area contributed by atoms with Crippen LogP contribution >= 0.6 is 29.0 Å². The summed E-state index contributed by atoms with van der Waals surface area (Å²) in [5.41, 5.74) is 0. The molecular weight excluding hydrogens is 143 g/mol. The van der Waals surface area contributed by atoms with Crippen LogP contribution in [0.2, 0.25) is 0 Å². The van der Waals surface area contributed by atoms with E-state index in [-0.39, 0.29) is 0 Å². The van der Waals surface area contributed by atoms with Crippen LogP contribution in [0.5, 0.6) is 0 Å². The molecule has 1 saturated heterocycles. The smallest absolute Gasteiger partial charge is 0.00402 e. The van der Waals surface area contributed by atoms with E-state index in [2.05, 4.69) is 10.4 Å². The lowest BCUT2D eigenvalue weighted by atomic mass is 10.4. The minimum atomic E-state index is 1.17. The molecule has 0 saturated carbocycles. The first-order valence-electron chi connectivity index (χ1n) is 2.51. The lowest BCUT2D eigenvalue weighted by Crippen LogP contribution is -1.74. The quantitative estimate of drug-likeness (QED) is 0.386. The minimum absolute atomic E-state index is 1.17. The molecule has 0 aromatic rings. The summed E-state index contributed by atoms with van der Waals surface area (Å²) in [5.74, 6) is 1.39. The van der Waals surface area contributed by atoms with Crippen LogP contribution in [-0.2, 0) is 0 Å². The summed E-state index contributed by atoms with van der Waals surface area (Å²) in [7, 11) is 5.28. The maximum absolute atomic E-state index is 2.06. The molecular formula is C4H9PS2. The third-order valence-electron chi connectivity index (χ3n) is 0.874. The highest BCUT2D eigenvalue weighted by molar-refractivity contribution is 8.96. The zero-order valence-electron chi connectivity index (χ0n) is 4.14. The standard InChI is InChI=1S/C4H9PS2/c1-2-4-6-7-5-3-1/h5H,1-4H2. The van der Waals surface area contributed by atoms with E-state index < -0.39 is 0 Å². The van der Waals surface area contributed by atoms with Crippen molar-refractivity contribution in [1.29, 1.82) is 0 Å². The van der Waals surface area contributed by atoms with E-state index >= 15 is 0 Å². The van der Waals surface area contributed by atoms with Crippen LogP contribution in [0.4, 0.5) is 0 Å². The molecule has 1 aliphatic rings. The van der Waals surface area contributed by atoms with Crippen LogP contribution in [0.25, 0.3) is 0 Å². The SMILES string of the molecule is C1CCSSPC1. The van der Waals surface area contributed by atoms with E-state index in [0.717, 1.165) is 0 Å². The van der Waals surface area contributed by atoms with Gasteiger partial charge in [-0.3, -0.25) is 0 Å².